The molecule has 1 aromatic carbocycles. The Bertz CT molecular complexity index is 826. The highest BCUT2D eigenvalue weighted by Crippen LogP contribution is 2.24. The van der Waals surface area contributed by atoms with Gasteiger partial charge >= 0.3 is 5.97 Å². The van der Waals surface area contributed by atoms with Crippen molar-refractivity contribution in [1.29, 1.82) is 0 Å². The molecule has 7 nitrogen and oxygen atoms in total. The molecule has 1 aromatic heterocycles. The number of nitrogens with zero attached hydrogens (tertiary/aromatic N) is 2. The zero-order valence-corrected chi connectivity index (χ0v) is 20.6. The molecule has 0 aliphatic heterocycles. The number of rotatable bonds is 8. The average molecular weight is 532 g/mol. The SMILES string of the molecule is CCNC(=NCc1cccc(OC)c1)NC(C)c1nc(C)c(C(=O)OCC)s1.I. The smallest absolute Gasteiger partial charge is 0.350 e. The molecule has 1 unspecified atom stereocenters. The molecule has 0 radical (unpaired) electrons. The molecule has 0 aliphatic carbocycles. The number of ether oxygens (including phenoxy) is 2. The van der Waals surface area contributed by atoms with E-state index in [9.17, 15) is 4.79 Å². The zero-order valence-electron chi connectivity index (χ0n) is 17.4. The Kier molecular flexibility index (Phi) is 11.0. The Hall–Kier alpha value is -1.88. The van der Waals surface area contributed by atoms with Crippen LogP contribution in [0.5, 0.6) is 5.75 Å². The summed E-state index contributed by atoms with van der Waals surface area (Å²) in [6.07, 6.45) is 0. The Morgan fingerprint density at radius 2 is 2.10 bits per heavy atom. The maximum Gasteiger partial charge on any atom is 0.350 e. The maximum atomic E-state index is 12.0. The molecule has 160 valence electrons. The second kappa shape index (κ2) is 12.6. The van der Waals surface area contributed by atoms with Crippen molar-refractivity contribution in [3.8, 4) is 5.75 Å². The lowest BCUT2D eigenvalue weighted by atomic mass is 10.2. The van der Waals surface area contributed by atoms with Crippen LogP contribution in [-0.4, -0.2) is 37.2 Å². The van der Waals surface area contributed by atoms with E-state index in [1.807, 2.05) is 45.0 Å². The first-order valence-corrected chi connectivity index (χ1v) is 10.1. The fourth-order valence-electron chi connectivity index (χ4n) is 2.52. The Morgan fingerprint density at radius 1 is 1.34 bits per heavy atom. The number of carbonyl (C=O) groups excluding carboxylic acids is 1. The molecule has 29 heavy (non-hydrogen) atoms. The van der Waals surface area contributed by atoms with Gasteiger partial charge in [0.1, 0.15) is 15.6 Å². The van der Waals surface area contributed by atoms with Gasteiger partial charge in [-0.3, -0.25) is 0 Å². The van der Waals surface area contributed by atoms with Crippen molar-refractivity contribution in [2.75, 3.05) is 20.3 Å². The van der Waals surface area contributed by atoms with Crippen molar-refractivity contribution in [3.05, 3.63) is 45.4 Å². The number of aliphatic imine (C=N–C) groups is 1. The number of carbonyl (C=O) groups is 1. The summed E-state index contributed by atoms with van der Waals surface area (Å²) in [5, 5.41) is 7.40. The van der Waals surface area contributed by atoms with Crippen LogP contribution in [0.2, 0.25) is 0 Å². The first-order chi connectivity index (χ1) is 13.5. The van der Waals surface area contributed by atoms with Crippen LogP contribution in [0.25, 0.3) is 0 Å². The maximum absolute atomic E-state index is 12.0. The molecule has 0 aliphatic rings. The van der Waals surface area contributed by atoms with Crippen LogP contribution >= 0.6 is 35.3 Å². The molecule has 9 heteroatoms. The van der Waals surface area contributed by atoms with Gasteiger partial charge in [0.15, 0.2) is 5.96 Å². The monoisotopic (exact) mass is 532 g/mol. The van der Waals surface area contributed by atoms with Crippen LogP contribution in [0.3, 0.4) is 0 Å². The lowest BCUT2D eigenvalue weighted by molar-refractivity contribution is 0.0531. The second-order valence-electron chi connectivity index (χ2n) is 6.10. The van der Waals surface area contributed by atoms with E-state index in [2.05, 4.69) is 20.6 Å². The summed E-state index contributed by atoms with van der Waals surface area (Å²) in [5.41, 5.74) is 1.74. The molecule has 0 amide bonds. The quantitative estimate of drug-likeness (QED) is 0.231. The van der Waals surface area contributed by atoms with Gasteiger partial charge in [-0.1, -0.05) is 12.1 Å². The fourth-order valence-corrected chi connectivity index (χ4v) is 3.48. The third kappa shape index (κ3) is 7.46. The minimum absolute atomic E-state index is 0. The van der Waals surface area contributed by atoms with Crippen LogP contribution in [0, 0.1) is 6.92 Å². The number of benzene rings is 1. The number of aryl methyl sites for hydroxylation is 1. The van der Waals surface area contributed by atoms with Crippen molar-refractivity contribution in [3.63, 3.8) is 0 Å². The number of guanidine groups is 1. The molecule has 0 spiro atoms. The molecule has 1 atom stereocenters. The van der Waals surface area contributed by atoms with E-state index in [1.54, 1.807) is 14.0 Å². The summed E-state index contributed by atoms with van der Waals surface area (Å²) < 4.78 is 10.4. The van der Waals surface area contributed by atoms with Crippen LogP contribution in [0.1, 0.15) is 52.7 Å². The van der Waals surface area contributed by atoms with Gasteiger partial charge in [-0.15, -0.1) is 35.3 Å². The minimum atomic E-state index is -0.324. The predicted molar refractivity (Wildman–Crippen MR) is 128 cm³/mol. The first kappa shape index (κ1) is 25.2. The fraction of sp³-hybridized carbons (Fsp3) is 0.450. The van der Waals surface area contributed by atoms with E-state index in [4.69, 9.17) is 9.47 Å². The molecule has 2 aromatic rings. The van der Waals surface area contributed by atoms with Gasteiger partial charge in [-0.25, -0.2) is 14.8 Å². The van der Waals surface area contributed by atoms with Gasteiger partial charge in [0.05, 0.1) is 32.0 Å². The summed E-state index contributed by atoms with van der Waals surface area (Å²) in [4.78, 5) is 21.7. The number of hydrogen-bond donors (Lipinski definition) is 2. The highest BCUT2D eigenvalue weighted by atomic mass is 127. The summed E-state index contributed by atoms with van der Waals surface area (Å²) in [6.45, 7) is 9.22. The normalized spacial score (nSPS) is 12.0. The van der Waals surface area contributed by atoms with E-state index in [1.165, 1.54) is 11.3 Å². The Balaban J connectivity index is 0.00000420. The molecular weight excluding hydrogens is 503 g/mol. The Morgan fingerprint density at radius 3 is 2.76 bits per heavy atom. The molecule has 2 rings (SSSR count). The van der Waals surface area contributed by atoms with Crippen molar-refractivity contribution < 1.29 is 14.3 Å². The van der Waals surface area contributed by atoms with Crippen LogP contribution in [0.4, 0.5) is 0 Å². The predicted octanol–water partition coefficient (Wildman–Crippen LogP) is 4.07. The van der Waals surface area contributed by atoms with Crippen molar-refractivity contribution in [2.24, 2.45) is 4.99 Å². The van der Waals surface area contributed by atoms with E-state index >= 15 is 0 Å². The molecular formula is C20H29IN4O3S. The molecule has 0 saturated carbocycles. The first-order valence-electron chi connectivity index (χ1n) is 9.30. The summed E-state index contributed by atoms with van der Waals surface area (Å²) >= 11 is 1.35. The molecule has 0 fully saturated rings. The van der Waals surface area contributed by atoms with Crippen molar-refractivity contribution in [1.82, 2.24) is 15.6 Å². The van der Waals surface area contributed by atoms with Crippen LogP contribution in [-0.2, 0) is 11.3 Å². The van der Waals surface area contributed by atoms with Gasteiger partial charge in [-0.05, 0) is 45.4 Å². The van der Waals surface area contributed by atoms with Crippen molar-refractivity contribution >= 4 is 47.2 Å². The van der Waals surface area contributed by atoms with E-state index < -0.39 is 0 Å². The van der Waals surface area contributed by atoms with E-state index in [-0.39, 0.29) is 36.0 Å². The van der Waals surface area contributed by atoms with Gasteiger partial charge in [0, 0.05) is 6.54 Å². The lowest BCUT2D eigenvalue weighted by Gasteiger charge is -2.16. The summed E-state index contributed by atoms with van der Waals surface area (Å²) in [7, 11) is 1.65. The number of esters is 1. The van der Waals surface area contributed by atoms with Gasteiger partial charge in [0.25, 0.3) is 0 Å². The molecule has 1 heterocycles. The average Bonchev–Trinajstić information content (AvgIpc) is 3.08. The Labute approximate surface area is 193 Å². The van der Waals surface area contributed by atoms with Gasteiger partial charge in [-0.2, -0.15) is 0 Å². The number of nitrogens with one attached hydrogen (secondary N) is 2. The van der Waals surface area contributed by atoms with Crippen molar-refractivity contribution in [2.45, 2.75) is 40.3 Å². The lowest BCUT2D eigenvalue weighted by Crippen LogP contribution is -2.38. The number of methoxy groups -OCH3 is 1. The second-order valence-corrected chi connectivity index (χ2v) is 7.13. The van der Waals surface area contributed by atoms with Crippen LogP contribution in [0.15, 0.2) is 29.3 Å². The highest BCUT2D eigenvalue weighted by molar-refractivity contribution is 14.0. The van der Waals surface area contributed by atoms with Gasteiger partial charge < -0.3 is 20.1 Å². The topological polar surface area (TPSA) is 84.8 Å². The third-order valence-corrected chi connectivity index (χ3v) is 5.22. The molecule has 2 N–H and O–H groups in total. The highest BCUT2D eigenvalue weighted by Gasteiger charge is 2.20. The van der Waals surface area contributed by atoms with E-state index in [0.717, 1.165) is 22.9 Å². The minimum Gasteiger partial charge on any atom is -0.497 e. The standard InChI is InChI=1S/C20H28N4O3S.HI/c1-6-21-20(22-12-15-9-8-10-16(11-15)26-5)24-14(4)18-23-13(3)17(28-18)19(25)27-7-2;/h8-11,14H,6-7,12H2,1-5H3,(H2,21,22,24);1H. The number of aromatic nitrogens is 1. The molecule has 0 saturated heterocycles. The zero-order chi connectivity index (χ0) is 20.5. The third-order valence-electron chi connectivity index (χ3n) is 3.90. The number of thiazole rings is 1. The van der Waals surface area contributed by atoms with Gasteiger partial charge in [0.2, 0.25) is 0 Å². The number of hydrogen-bond acceptors (Lipinski definition) is 6. The number of halogens is 1. The largest absolute Gasteiger partial charge is 0.497 e. The summed E-state index contributed by atoms with van der Waals surface area (Å²) in [6, 6.07) is 7.73. The summed E-state index contributed by atoms with van der Waals surface area (Å²) in [5.74, 6) is 1.17. The molecule has 0 bridgehead atoms. The van der Waals surface area contributed by atoms with Crippen LogP contribution < -0.4 is 15.4 Å². The van der Waals surface area contributed by atoms with E-state index in [0.29, 0.717) is 29.7 Å².